The maximum atomic E-state index is 13.2. The van der Waals surface area contributed by atoms with E-state index in [1.165, 1.54) is 11.1 Å². The van der Waals surface area contributed by atoms with E-state index in [2.05, 4.69) is 70.5 Å². The molecule has 2 amide bonds. The summed E-state index contributed by atoms with van der Waals surface area (Å²) in [6.07, 6.45) is 3.43. The van der Waals surface area contributed by atoms with Gasteiger partial charge in [0, 0.05) is 71.4 Å². The first-order chi connectivity index (χ1) is 17.2. The highest BCUT2D eigenvalue weighted by Gasteiger charge is 2.40. The Labute approximate surface area is 209 Å². The topological polar surface area (TPSA) is 47.1 Å². The number of piperazine rings is 1. The van der Waals surface area contributed by atoms with E-state index >= 15 is 0 Å². The number of likely N-dealkylation sites (tertiary alicyclic amines) is 2. The molecule has 0 saturated carbocycles. The number of hydrogen-bond donors (Lipinski definition) is 0. The molecule has 6 nitrogen and oxygen atoms in total. The summed E-state index contributed by atoms with van der Waals surface area (Å²) in [6, 6.07) is 21.5. The fourth-order valence-corrected chi connectivity index (χ4v) is 5.86. The van der Waals surface area contributed by atoms with Gasteiger partial charge in [-0.2, -0.15) is 0 Å². The molecule has 3 fully saturated rings. The number of carbonyl (C=O) groups is 2. The van der Waals surface area contributed by atoms with Crippen LogP contribution in [-0.2, 0) is 22.6 Å². The molecule has 186 valence electrons. The SMILES string of the molecule is O=C(C1CC(=O)N(C2CCN(Cc3ccccc3)CC2)C1)N1CCN(CCc2ccccc2)CC1. The van der Waals surface area contributed by atoms with Crippen LogP contribution in [0.2, 0.25) is 0 Å². The first-order valence-electron chi connectivity index (χ1n) is 13.3. The highest BCUT2D eigenvalue weighted by molar-refractivity contribution is 5.89. The Kier molecular flexibility index (Phi) is 7.79. The van der Waals surface area contributed by atoms with Gasteiger partial charge >= 0.3 is 0 Å². The van der Waals surface area contributed by atoms with Gasteiger partial charge < -0.3 is 9.80 Å². The van der Waals surface area contributed by atoms with E-state index in [9.17, 15) is 9.59 Å². The van der Waals surface area contributed by atoms with Gasteiger partial charge in [0.1, 0.15) is 0 Å². The minimum atomic E-state index is -0.166. The van der Waals surface area contributed by atoms with E-state index in [1.807, 2.05) is 9.80 Å². The molecule has 1 atom stereocenters. The molecular weight excluding hydrogens is 436 g/mol. The Balaban J connectivity index is 1.05. The summed E-state index contributed by atoms with van der Waals surface area (Å²) in [5, 5.41) is 0. The largest absolute Gasteiger partial charge is 0.340 e. The summed E-state index contributed by atoms with van der Waals surface area (Å²) >= 11 is 0. The summed E-state index contributed by atoms with van der Waals surface area (Å²) < 4.78 is 0. The van der Waals surface area contributed by atoms with Crippen molar-refractivity contribution < 1.29 is 9.59 Å². The van der Waals surface area contributed by atoms with E-state index in [0.717, 1.165) is 71.6 Å². The van der Waals surface area contributed by atoms with E-state index in [-0.39, 0.29) is 23.8 Å². The number of nitrogens with zero attached hydrogens (tertiary/aromatic N) is 4. The van der Waals surface area contributed by atoms with Crippen LogP contribution < -0.4 is 0 Å². The van der Waals surface area contributed by atoms with Crippen LogP contribution in [0.15, 0.2) is 60.7 Å². The Hall–Kier alpha value is -2.70. The van der Waals surface area contributed by atoms with Crippen LogP contribution in [0.25, 0.3) is 0 Å². The highest BCUT2D eigenvalue weighted by Crippen LogP contribution is 2.27. The van der Waals surface area contributed by atoms with Crippen molar-refractivity contribution in [3.05, 3.63) is 71.8 Å². The third kappa shape index (κ3) is 6.11. The van der Waals surface area contributed by atoms with Crippen LogP contribution in [-0.4, -0.2) is 89.8 Å². The van der Waals surface area contributed by atoms with Crippen LogP contribution in [0, 0.1) is 5.92 Å². The molecule has 0 radical (unpaired) electrons. The standard InChI is InChI=1S/C29H38N4O2/c34-28-21-26(23-33(28)27-12-15-31(16-13-27)22-25-9-5-2-6-10-25)29(35)32-19-17-30(18-20-32)14-11-24-7-3-1-4-8-24/h1-10,26-27H,11-23H2. The van der Waals surface area contributed by atoms with Gasteiger partial charge in [-0.25, -0.2) is 0 Å². The van der Waals surface area contributed by atoms with Gasteiger partial charge in [-0.05, 0) is 30.4 Å². The summed E-state index contributed by atoms with van der Waals surface area (Å²) in [7, 11) is 0. The van der Waals surface area contributed by atoms with Crippen LogP contribution >= 0.6 is 0 Å². The summed E-state index contributed by atoms with van der Waals surface area (Å²) in [5.41, 5.74) is 2.70. The lowest BCUT2D eigenvalue weighted by Crippen LogP contribution is -2.51. The molecule has 6 heteroatoms. The van der Waals surface area contributed by atoms with Gasteiger partial charge in [-0.3, -0.25) is 19.4 Å². The van der Waals surface area contributed by atoms with Gasteiger partial charge in [0.15, 0.2) is 0 Å². The second-order valence-corrected chi connectivity index (χ2v) is 10.3. The molecular formula is C29H38N4O2. The zero-order valence-corrected chi connectivity index (χ0v) is 20.7. The molecule has 3 aliphatic heterocycles. The van der Waals surface area contributed by atoms with Crippen molar-refractivity contribution in [2.75, 3.05) is 52.4 Å². The van der Waals surface area contributed by atoms with E-state index in [4.69, 9.17) is 0 Å². The van der Waals surface area contributed by atoms with Crippen LogP contribution in [0.1, 0.15) is 30.4 Å². The summed E-state index contributed by atoms with van der Waals surface area (Å²) in [5.74, 6) is 0.192. The van der Waals surface area contributed by atoms with Crippen molar-refractivity contribution in [1.82, 2.24) is 19.6 Å². The van der Waals surface area contributed by atoms with Gasteiger partial charge in [0.2, 0.25) is 11.8 Å². The molecule has 0 aromatic heterocycles. The third-order valence-corrected chi connectivity index (χ3v) is 8.00. The van der Waals surface area contributed by atoms with Crippen LogP contribution in [0.3, 0.4) is 0 Å². The van der Waals surface area contributed by atoms with Crippen molar-refractivity contribution in [3.63, 3.8) is 0 Å². The molecule has 0 aliphatic carbocycles. The maximum Gasteiger partial charge on any atom is 0.228 e. The van der Waals surface area contributed by atoms with Crippen molar-refractivity contribution in [3.8, 4) is 0 Å². The van der Waals surface area contributed by atoms with E-state index in [0.29, 0.717) is 13.0 Å². The van der Waals surface area contributed by atoms with E-state index in [1.54, 1.807) is 0 Å². The summed E-state index contributed by atoms with van der Waals surface area (Å²) in [4.78, 5) is 35.0. The molecule has 3 aliphatic rings. The number of rotatable bonds is 7. The zero-order chi connectivity index (χ0) is 24.0. The van der Waals surface area contributed by atoms with Gasteiger partial charge in [-0.1, -0.05) is 60.7 Å². The van der Waals surface area contributed by atoms with Crippen LogP contribution in [0.4, 0.5) is 0 Å². The molecule has 0 spiro atoms. The number of benzene rings is 2. The fraction of sp³-hybridized carbons (Fsp3) is 0.517. The molecule has 2 aromatic carbocycles. The van der Waals surface area contributed by atoms with Crippen molar-refractivity contribution in [1.29, 1.82) is 0 Å². The molecule has 0 bridgehead atoms. The smallest absolute Gasteiger partial charge is 0.228 e. The zero-order valence-electron chi connectivity index (χ0n) is 20.7. The minimum absolute atomic E-state index is 0.166. The second kappa shape index (κ2) is 11.4. The Morgan fingerprint density at radius 1 is 0.771 bits per heavy atom. The van der Waals surface area contributed by atoms with Crippen molar-refractivity contribution in [2.24, 2.45) is 5.92 Å². The predicted octanol–water partition coefficient (Wildman–Crippen LogP) is 2.89. The predicted molar refractivity (Wildman–Crippen MR) is 138 cm³/mol. The van der Waals surface area contributed by atoms with Gasteiger partial charge in [0.25, 0.3) is 0 Å². The Bertz CT molecular complexity index is 967. The number of carbonyl (C=O) groups excluding carboxylic acids is 2. The third-order valence-electron chi connectivity index (χ3n) is 8.00. The lowest BCUT2D eigenvalue weighted by molar-refractivity contribution is -0.137. The lowest BCUT2D eigenvalue weighted by atomic mass is 10.0. The molecule has 35 heavy (non-hydrogen) atoms. The molecule has 1 unspecified atom stereocenters. The van der Waals surface area contributed by atoms with Crippen LogP contribution in [0.5, 0.6) is 0 Å². The average molecular weight is 475 g/mol. The summed E-state index contributed by atoms with van der Waals surface area (Å²) in [6.45, 7) is 8.01. The monoisotopic (exact) mass is 474 g/mol. The molecule has 2 aromatic rings. The number of piperidine rings is 1. The van der Waals surface area contributed by atoms with Crippen molar-refractivity contribution >= 4 is 11.8 Å². The Morgan fingerprint density at radius 3 is 2.06 bits per heavy atom. The Morgan fingerprint density at radius 2 is 1.40 bits per heavy atom. The average Bonchev–Trinajstić information content (AvgIpc) is 3.30. The second-order valence-electron chi connectivity index (χ2n) is 10.3. The van der Waals surface area contributed by atoms with E-state index < -0.39 is 0 Å². The minimum Gasteiger partial charge on any atom is -0.340 e. The molecule has 0 N–H and O–H groups in total. The lowest BCUT2D eigenvalue weighted by Gasteiger charge is -2.37. The van der Waals surface area contributed by atoms with Gasteiger partial charge in [0.05, 0.1) is 5.92 Å². The van der Waals surface area contributed by atoms with Crippen molar-refractivity contribution in [2.45, 2.75) is 38.3 Å². The number of amides is 2. The first kappa shape index (κ1) is 24.0. The fourth-order valence-electron chi connectivity index (χ4n) is 5.86. The highest BCUT2D eigenvalue weighted by atomic mass is 16.2. The molecule has 3 heterocycles. The quantitative estimate of drug-likeness (QED) is 0.619. The number of hydrogen-bond acceptors (Lipinski definition) is 4. The maximum absolute atomic E-state index is 13.2. The molecule has 5 rings (SSSR count). The normalized spacial score (nSPS) is 22.6. The first-order valence-corrected chi connectivity index (χ1v) is 13.3. The van der Waals surface area contributed by atoms with Gasteiger partial charge in [-0.15, -0.1) is 0 Å². The molecule has 3 saturated heterocycles.